The monoisotopic (exact) mass is 278 g/mol. The van der Waals surface area contributed by atoms with Gasteiger partial charge < -0.3 is 15.0 Å². The van der Waals surface area contributed by atoms with E-state index in [0.717, 1.165) is 19.5 Å². The molecule has 0 fully saturated rings. The second-order valence-electron chi connectivity index (χ2n) is 5.17. The first kappa shape index (κ1) is 16.7. The molecule has 4 nitrogen and oxygen atoms in total. The van der Waals surface area contributed by atoms with Crippen molar-refractivity contribution in [1.29, 1.82) is 0 Å². The molecule has 0 unspecified atom stereocenters. The molecule has 0 heterocycles. The number of nitrogens with zero attached hydrogens (tertiary/aromatic N) is 1. The molecule has 0 aliphatic rings. The van der Waals surface area contributed by atoms with Crippen LogP contribution in [0.4, 0.5) is 0 Å². The van der Waals surface area contributed by atoms with Crippen LogP contribution in [-0.2, 0) is 16.1 Å². The van der Waals surface area contributed by atoms with Gasteiger partial charge in [-0.1, -0.05) is 30.3 Å². The van der Waals surface area contributed by atoms with Crippen molar-refractivity contribution >= 4 is 5.91 Å². The number of hydrogen-bond donors (Lipinski definition) is 1. The molecule has 0 saturated carbocycles. The van der Waals surface area contributed by atoms with Gasteiger partial charge in [-0.2, -0.15) is 0 Å². The quantitative estimate of drug-likeness (QED) is 0.703. The van der Waals surface area contributed by atoms with Gasteiger partial charge in [0, 0.05) is 26.2 Å². The molecule has 0 aliphatic heterocycles. The molecule has 0 spiro atoms. The van der Waals surface area contributed by atoms with E-state index in [1.54, 1.807) is 11.9 Å². The van der Waals surface area contributed by atoms with Crippen LogP contribution < -0.4 is 5.32 Å². The van der Waals surface area contributed by atoms with Crippen LogP contribution in [-0.4, -0.2) is 43.7 Å². The van der Waals surface area contributed by atoms with Crippen molar-refractivity contribution in [1.82, 2.24) is 10.2 Å². The molecular weight excluding hydrogens is 252 g/mol. The van der Waals surface area contributed by atoms with Gasteiger partial charge in [-0.15, -0.1) is 0 Å². The number of ether oxygens (including phenoxy) is 1. The topological polar surface area (TPSA) is 41.6 Å². The molecule has 1 amide bonds. The molecule has 0 bridgehead atoms. The summed E-state index contributed by atoms with van der Waals surface area (Å²) in [5.74, 6) is 0.0391. The number of nitrogens with one attached hydrogen (secondary N) is 1. The fourth-order valence-electron chi connectivity index (χ4n) is 1.68. The first-order valence-electron chi connectivity index (χ1n) is 7.19. The van der Waals surface area contributed by atoms with E-state index in [9.17, 15) is 4.79 Å². The van der Waals surface area contributed by atoms with E-state index in [4.69, 9.17) is 4.74 Å². The Hall–Kier alpha value is -1.39. The van der Waals surface area contributed by atoms with E-state index >= 15 is 0 Å². The number of carbonyl (C=O) groups is 1. The molecule has 0 aliphatic carbocycles. The molecule has 1 aromatic rings. The summed E-state index contributed by atoms with van der Waals surface area (Å²) < 4.78 is 5.39. The van der Waals surface area contributed by atoms with Gasteiger partial charge in [0.15, 0.2) is 0 Å². The van der Waals surface area contributed by atoms with Gasteiger partial charge in [0.05, 0.1) is 0 Å². The number of rotatable bonds is 9. The van der Waals surface area contributed by atoms with E-state index in [1.165, 1.54) is 5.56 Å². The third-order valence-corrected chi connectivity index (χ3v) is 3.21. The Morgan fingerprint density at radius 3 is 2.65 bits per heavy atom. The predicted molar refractivity (Wildman–Crippen MR) is 81.5 cm³/mol. The molecule has 0 radical (unpaired) electrons. The molecule has 1 N–H and O–H groups in total. The SMILES string of the molecule is CC(C)N(C)C(=O)COCCCNCc1ccccc1. The van der Waals surface area contributed by atoms with Gasteiger partial charge >= 0.3 is 0 Å². The van der Waals surface area contributed by atoms with Crippen LogP contribution in [0, 0.1) is 0 Å². The van der Waals surface area contributed by atoms with Crippen molar-refractivity contribution in [3.8, 4) is 0 Å². The van der Waals surface area contributed by atoms with Gasteiger partial charge in [0.2, 0.25) is 5.91 Å². The van der Waals surface area contributed by atoms with Crippen LogP contribution in [0.25, 0.3) is 0 Å². The molecule has 112 valence electrons. The zero-order chi connectivity index (χ0) is 14.8. The normalized spacial score (nSPS) is 10.8. The van der Waals surface area contributed by atoms with E-state index in [1.807, 2.05) is 32.0 Å². The van der Waals surface area contributed by atoms with E-state index in [-0.39, 0.29) is 18.6 Å². The summed E-state index contributed by atoms with van der Waals surface area (Å²) in [5, 5.41) is 3.36. The second kappa shape index (κ2) is 9.50. The molecule has 0 aromatic heterocycles. The first-order valence-corrected chi connectivity index (χ1v) is 7.19. The highest BCUT2D eigenvalue weighted by Crippen LogP contribution is 1.97. The number of benzene rings is 1. The summed E-state index contributed by atoms with van der Waals surface area (Å²) in [5.41, 5.74) is 1.28. The van der Waals surface area contributed by atoms with Crippen LogP contribution in [0.3, 0.4) is 0 Å². The Bertz CT molecular complexity index is 379. The van der Waals surface area contributed by atoms with Crippen molar-refractivity contribution < 1.29 is 9.53 Å². The number of hydrogen-bond acceptors (Lipinski definition) is 3. The Labute approximate surface area is 122 Å². The lowest BCUT2D eigenvalue weighted by Crippen LogP contribution is -2.35. The third kappa shape index (κ3) is 6.68. The second-order valence-corrected chi connectivity index (χ2v) is 5.17. The van der Waals surface area contributed by atoms with Crippen LogP contribution in [0.2, 0.25) is 0 Å². The summed E-state index contributed by atoms with van der Waals surface area (Å²) in [7, 11) is 1.80. The molecule has 1 aromatic carbocycles. The number of carbonyl (C=O) groups excluding carboxylic acids is 1. The standard InChI is InChI=1S/C16H26N2O2/c1-14(2)18(3)16(19)13-20-11-7-10-17-12-15-8-5-4-6-9-15/h4-6,8-9,14,17H,7,10-13H2,1-3H3. The molecular formula is C16H26N2O2. The van der Waals surface area contributed by atoms with Crippen molar-refractivity contribution in [2.75, 3.05) is 26.8 Å². The fraction of sp³-hybridized carbons (Fsp3) is 0.562. The Balaban J connectivity index is 1.99. The molecule has 0 atom stereocenters. The molecule has 1 rings (SSSR count). The van der Waals surface area contributed by atoms with E-state index in [0.29, 0.717) is 6.61 Å². The Morgan fingerprint density at radius 2 is 2.00 bits per heavy atom. The van der Waals surface area contributed by atoms with E-state index in [2.05, 4.69) is 17.4 Å². The van der Waals surface area contributed by atoms with Crippen molar-refractivity contribution in [3.63, 3.8) is 0 Å². The number of likely N-dealkylation sites (N-methyl/N-ethyl adjacent to an activating group) is 1. The summed E-state index contributed by atoms with van der Waals surface area (Å²) in [6.45, 7) is 6.53. The first-order chi connectivity index (χ1) is 9.61. The highest BCUT2D eigenvalue weighted by molar-refractivity contribution is 5.77. The third-order valence-electron chi connectivity index (χ3n) is 3.21. The van der Waals surface area contributed by atoms with Gasteiger partial charge in [0.1, 0.15) is 6.61 Å². The lowest BCUT2D eigenvalue weighted by molar-refractivity contribution is -0.136. The van der Waals surface area contributed by atoms with Crippen LogP contribution >= 0.6 is 0 Å². The van der Waals surface area contributed by atoms with Gasteiger partial charge in [-0.05, 0) is 32.4 Å². The van der Waals surface area contributed by atoms with Gasteiger partial charge in [0.25, 0.3) is 0 Å². The number of amides is 1. The minimum absolute atomic E-state index is 0.0391. The molecule has 0 saturated heterocycles. The van der Waals surface area contributed by atoms with Gasteiger partial charge in [-0.25, -0.2) is 0 Å². The van der Waals surface area contributed by atoms with Gasteiger partial charge in [-0.3, -0.25) is 4.79 Å². The minimum Gasteiger partial charge on any atom is -0.372 e. The summed E-state index contributed by atoms with van der Waals surface area (Å²) >= 11 is 0. The summed E-state index contributed by atoms with van der Waals surface area (Å²) in [4.78, 5) is 13.3. The lowest BCUT2D eigenvalue weighted by atomic mass is 10.2. The summed E-state index contributed by atoms with van der Waals surface area (Å²) in [6, 6.07) is 10.5. The van der Waals surface area contributed by atoms with Crippen LogP contribution in [0.5, 0.6) is 0 Å². The average molecular weight is 278 g/mol. The van der Waals surface area contributed by atoms with Crippen LogP contribution in [0.1, 0.15) is 25.8 Å². The molecule has 20 heavy (non-hydrogen) atoms. The van der Waals surface area contributed by atoms with Crippen molar-refractivity contribution in [3.05, 3.63) is 35.9 Å². The lowest BCUT2D eigenvalue weighted by Gasteiger charge is -2.21. The molecule has 4 heteroatoms. The zero-order valence-corrected chi connectivity index (χ0v) is 12.8. The summed E-state index contributed by atoms with van der Waals surface area (Å²) in [6.07, 6.45) is 0.908. The van der Waals surface area contributed by atoms with Crippen LogP contribution in [0.15, 0.2) is 30.3 Å². The highest BCUT2D eigenvalue weighted by Gasteiger charge is 2.11. The van der Waals surface area contributed by atoms with Crippen molar-refractivity contribution in [2.45, 2.75) is 32.9 Å². The van der Waals surface area contributed by atoms with E-state index < -0.39 is 0 Å². The maximum absolute atomic E-state index is 11.6. The maximum atomic E-state index is 11.6. The maximum Gasteiger partial charge on any atom is 0.248 e. The average Bonchev–Trinajstić information content (AvgIpc) is 2.46. The smallest absolute Gasteiger partial charge is 0.248 e. The fourth-order valence-corrected chi connectivity index (χ4v) is 1.68. The largest absolute Gasteiger partial charge is 0.372 e. The van der Waals surface area contributed by atoms with Crippen molar-refractivity contribution in [2.24, 2.45) is 0 Å². The Kier molecular flexibility index (Phi) is 7.92. The Morgan fingerprint density at radius 1 is 1.30 bits per heavy atom. The highest BCUT2D eigenvalue weighted by atomic mass is 16.5. The zero-order valence-electron chi connectivity index (χ0n) is 12.8. The predicted octanol–water partition coefficient (Wildman–Crippen LogP) is 2.05. The minimum atomic E-state index is 0.0391.